The molecule has 2 amide bonds. The van der Waals surface area contributed by atoms with Crippen LogP contribution in [0.15, 0.2) is 42.2 Å². The number of hydrogen-bond acceptors (Lipinski definition) is 5. The summed E-state index contributed by atoms with van der Waals surface area (Å²) in [6, 6.07) is 9.42. The summed E-state index contributed by atoms with van der Waals surface area (Å²) in [4.78, 5) is 29.4. The summed E-state index contributed by atoms with van der Waals surface area (Å²) in [7, 11) is 0. The monoisotopic (exact) mass is 407 g/mol. The van der Waals surface area contributed by atoms with Crippen molar-refractivity contribution in [1.29, 1.82) is 0 Å². The highest BCUT2D eigenvalue weighted by atomic mass is 32.1. The highest BCUT2D eigenvalue weighted by Crippen LogP contribution is 2.28. The van der Waals surface area contributed by atoms with E-state index < -0.39 is 0 Å². The maximum Gasteiger partial charge on any atom is 0.292 e. The lowest BCUT2D eigenvalue weighted by Crippen LogP contribution is -2.14. The van der Waals surface area contributed by atoms with Crippen LogP contribution >= 0.6 is 11.3 Å². The minimum atomic E-state index is -0.301. The normalized spacial score (nSPS) is 13.1. The molecule has 3 aromatic rings. The molecule has 0 saturated heterocycles. The van der Waals surface area contributed by atoms with Gasteiger partial charge in [0.2, 0.25) is 0 Å². The van der Waals surface area contributed by atoms with Crippen LogP contribution in [0.1, 0.15) is 33.5 Å². The fourth-order valence-electron chi connectivity index (χ4n) is 3.42. The Morgan fingerprint density at radius 1 is 1.03 bits per heavy atom. The zero-order valence-corrected chi connectivity index (χ0v) is 17.3. The summed E-state index contributed by atoms with van der Waals surface area (Å²) >= 11 is 1.32. The molecule has 1 aliphatic heterocycles. The Morgan fingerprint density at radius 2 is 1.79 bits per heavy atom. The zero-order chi connectivity index (χ0) is 20.5. The van der Waals surface area contributed by atoms with Crippen molar-refractivity contribution in [2.75, 3.05) is 17.2 Å². The Hall–Kier alpha value is -3.19. The molecule has 6 nitrogen and oxygen atoms in total. The first kappa shape index (κ1) is 19.1. The molecular formula is C22H21N3O3S. The number of hydrogen-bond donors (Lipinski definition) is 2. The predicted molar refractivity (Wildman–Crippen MR) is 116 cm³/mol. The molecule has 29 heavy (non-hydrogen) atoms. The lowest BCUT2D eigenvalue weighted by molar-refractivity contribution is -0.115. The number of nitrogens with one attached hydrogen (secondary N) is 2. The molecule has 4 rings (SSSR count). The van der Waals surface area contributed by atoms with Crippen molar-refractivity contribution in [3.63, 3.8) is 0 Å². The third kappa shape index (κ3) is 4.00. The summed E-state index contributed by atoms with van der Waals surface area (Å²) in [5.74, 6) is -0.150. The largest absolute Gasteiger partial charge is 0.488 e. The summed E-state index contributed by atoms with van der Waals surface area (Å²) in [5, 5.41) is 6.25. The number of thiazole rings is 1. The van der Waals surface area contributed by atoms with E-state index in [1.807, 2.05) is 32.9 Å². The van der Waals surface area contributed by atoms with Crippen LogP contribution in [0.25, 0.3) is 10.2 Å². The van der Waals surface area contributed by atoms with Gasteiger partial charge in [0.1, 0.15) is 0 Å². The molecule has 0 radical (unpaired) electrons. The molecule has 2 aromatic carbocycles. The van der Waals surface area contributed by atoms with E-state index in [0.717, 1.165) is 39.0 Å². The number of nitrogens with zero attached hydrogens (tertiary/aromatic N) is 1. The molecular weight excluding hydrogens is 386 g/mol. The van der Waals surface area contributed by atoms with Crippen LogP contribution in [-0.2, 0) is 9.53 Å². The van der Waals surface area contributed by atoms with Crippen molar-refractivity contribution in [1.82, 2.24) is 4.98 Å². The van der Waals surface area contributed by atoms with Crippen LogP contribution in [-0.4, -0.2) is 23.4 Å². The Bertz CT molecular complexity index is 1140. The number of aromatic nitrogens is 1. The zero-order valence-electron chi connectivity index (χ0n) is 16.5. The number of aryl methyl sites for hydroxylation is 3. The van der Waals surface area contributed by atoms with Gasteiger partial charge in [-0.3, -0.25) is 14.9 Å². The van der Waals surface area contributed by atoms with Crippen molar-refractivity contribution in [2.24, 2.45) is 0 Å². The first-order chi connectivity index (χ1) is 13.9. The van der Waals surface area contributed by atoms with E-state index in [1.54, 1.807) is 24.3 Å². The number of ether oxygens (including phenoxy) is 1. The molecule has 2 heterocycles. The second kappa shape index (κ2) is 7.67. The van der Waals surface area contributed by atoms with Crippen LogP contribution < -0.4 is 10.6 Å². The smallest absolute Gasteiger partial charge is 0.292 e. The molecule has 7 heteroatoms. The van der Waals surface area contributed by atoms with Crippen LogP contribution in [0.2, 0.25) is 0 Å². The highest BCUT2D eigenvalue weighted by molar-refractivity contribution is 7.22. The fraction of sp³-hybridized carbons (Fsp3) is 0.227. The van der Waals surface area contributed by atoms with Gasteiger partial charge < -0.3 is 10.1 Å². The molecule has 148 valence electrons. The van der Waals surface area contributed by atoms with Crippen LogP contribution in [0.3, 0.4) is 0 Å². The number of carbonyl (C=O) groups is 2. The van der Waals surface area contributed by atoms with Crippen molar-refractivity contribution in [3.05, 3.63) is 64.4 Å². The molecule has 2 N–H and O–H groups in total. The highest BCUT2D eigenvalue weighted by Gasteiger charge is 2.17. The van der Waals surface area contributed by atoms with Gasteiger partial charge in [0.05, 0.1) is 16.8 Å². The van der Waals surface area contributed by atoms with E-state index in [1.165, 1.54) is 11.3 Å². The van der Waals surface area contributed by atoms with E-state index in [2.05, 4.69) is 15.6 Å². The molecule has 1 aliphatic rings. The molecule has 0 saturated carbocycles. The lowest BCUT2D eigenvalue weighted by Gasteiger charge is -2.12. The number of amides is 2. The standard InChI is InChI=1S/C22H21N3O3S/c1-12-9-13(2)19(14(3)10-12)24-20(26)15-6-7-16-18(11-15)29-22(23-16)25-21(27)17-5-4-8-28-17/h5-7,9-11H,4,8H2,1-3H3,(H,24,26)(H,23,25,27). The van der Waals surface area contributed by atoms with Crippen molar-refractivity contribution >= 4 is 44.2 Å². The average molecular weight is 407 g/mol. The number of fused-ring (bicyclic) bond motifs is 1. The summed E-state index contributed by atoms with van der Waals surface area (Å²) in [6.45, 7) is 6.54. The molecule has 1 aromatic heterocycles. The summed E-state index contributed by atoms with van der Waals surface area (Å²) < 4.78 is 6.09. The van der Waals surface area contributed by atoms with E-state index in [0.29, 0.717) is 23.1 Å². The fourth-order valence-corrected chi connectivity index (χ4v) is 4.32. The third-order valence-corrected chi connectivity index (χ3v) is 5.65. The Labute approximate surface area is 172 Å². The minimum absolute atomic E-state index is 0.176. The molecule has 0 unspecified atom stereocenters. The van der Waals surface area contributed by atoms with Crippen molar-refractivity contribution in [3.8, 4) is 0 Å². The first-order valence-corrected chi connectivity index (χ1v) is 10.2. The molecule has 0 aliphatic carbocycles. The van der Waals surface area contributed by atoms with E-state index in [-0.39, 0.29) is 11.8 Å². The Morgan fingerprint density at radius 3 is 2.48 bits per heavy atom. The first-order valence-electron chi connectivity index (χ1n) is 9.35. The minimum Gasteiger partial charge on any atom is -0.488 e. The summed E-state index contributed by atoms with van der Waals surface area (Å²) in [5.41, 5.74) is 5.33. The number of anilines is 2. The van der Waals surface area contributed by atoms with E-state index in [4.69, 9.17) is 4.74 Å². The van der Waals surface area contributed by atoms with Crippen LogP contribution in [0, 0.1) is 20.8 Å². The molecule has 0 atom stereocenters. The van der Waals surface area contributed by atoms with Crippen LogP contribution in [0.4, 0.5) is 10.8 Å². The van der Waals surface area contributed by atoms with Gasteiger partial charge in [-0.05, 0) is 56.2 Å². The van der Waals surface area contributed by atoms with Crippen LogP contribution in [0.5, 0.6) is 0 Å². The Balaban J connectivity index is 1.54. The molecule has 0 fully saturated rings. The van der Waals surface area contributed by atoms with E-state index in [9.17, 15) is 9.59 Å². The van der Waals surface area contributed by atoms with Gasteiger partial charge in [0.15, 0.2) is 10.9 Å². The molecule has 0 spiro atoms. The van der Waals surface area contributed by atoms with Gasteiger partial charge in [0.25, 0.3) is 11.8 Å². The summed E-state index contributed by atoms with van der Waals surface area (Å²) in [6.07, 6.45) is 2.50. The van der Waals surface area contributed by atoms with Gasteiger partial charge in [-0.1, -0.05) is 29.0 Å². The molecule has 0 bridgehead atoms. The van der Waals surface area contributed by atoms with Gasteiger partial charge in [-0.15, -0.1) is 0 Å². The number of rotatable bonds is 4. The van der Waals surface area contributed by atoms with E-state index >= 15 is 0 Å². The van der Waals surface area contributed by atoms with Gasteiger partial charge in [-0.25, -0.2) is 4.98 Å². The van der Waals surface area contributed by atoms with Gasteiger partial charge >= 0.3 is 0 Å². The SMILES string of the molecule is Cc1cc(C)c(NC(=O)c2ccc3nc(NC(=O)C4=CCCO4)sc3c2)c(C)c1. The third-order valence-electron chi connectivity index (χ3n) is 4.72. The average Bonchev–Trinajstić information content (AvgIpc) is 3.33. The van der Waals surface area contributed by atoms with Crippen molar-refractivity contribution in [2.45, 2.75) is 27.2 Å². The lowest BCUT2D eigenvalue weighted by atomic mass is 10.0. The maximum atomic E-state index is 12.8. The predicted octanol–water partition coefficient (Wildman–Crippen LogP) is 4.72. The second-order valence-corrected chi connectivity index (χ2v) is 8.12. The maximum absolute atomic E-state index is 12.8. The quantitative estimate of drug-likeness (QED) is 0.656. The second-order valence-electron chi connectivity index (χ2n) is 7.09. The topological polar surface area (TPSA) is 80.3 Å². The van der Waals surface area contributed by atoms with Gasteiger partial charge in [-0.2, -0.15) is 0 Å². The Kier molecular flexibility index (Phi) is 5.07. The number of benzene rings is 2. The number of carbonyl (C=O) groups excluding carboxylic acids is 2. The van der Waals surface area contributed by atoms with Crippen molar-refractivity contribution < 1.29 is 14.3 Å². The van der Waals surface area contributed by atoms with Gasteiger partial charge in [0, 0.05) is 17.7 Å².